The lowest BCUT2D eigenvalue weighted by molar-refractivity contribution is -0.118. The molecule has 0 bridgehead atoms. The highest BCUT2D eigenvalue weighted by atomic mass is 32.2. The number of rotatable bonds is 3. The number of amides is 1. The molecule has 104 valence electrons. The quantitative estimate of drug-likeness (QED) is 0.764. The Balaban J connectivity index is 1.89. The van der Waals surface area contributed by atoms with E-state index in [-0.39, 0.29) is 17.5 Å². The highest BCUT2D eigenvalue weighted by Gasteiger charge is 2.19. The van der Waals surface area contributed by atoms with Crippen LogP contribution in [0.1, 0.15) is 0 Å². The minimum absolute atomic E-state index is 0.0458. The average molecular weight is 294 g/mol. The fourth-order valence-corrected chi connectivity index (χ4v) is 2.70. The molecule has 1 amide bonds. The lowest BCUT2D eigenvalue weighted by atomic mass is 10.2. The van der Waals surface area contributed by atoms with Crippen LogP contribution >= 0.6 is 0 Å². The Hall–Kier alpha value is -2.55. The van der Waals surface area contributed by atoms with Gasteiger partial charge in [-0.15, -0.1) is 0 Å². The molecule has 3 N–H and O–H groups in total. The van der Waals surface area contributed by atoms with Crippen LogP contribution in [0.4, 0.5) is 11.4 Å². The first-order valence-corrected chi connectivity index (χ1v) is 7.11. The summed E-state index contributed by atoms with van der Waals surface area (Å²) in [7, 11) is -3.73. The van der Waals surface area contributed by atoms with Crippen LogP contribution in [0.5, 0.6) is 5.75 Å². The number of aromatic amines is 1. The van der Waals surface area contributed by atoms with Crippen LogP contribution in [-0.4, -0.2) is 30.9 Å². The second-order valence-electron chi connectivity index (χ2n) is 4.07. The van der Waals surface area contributed by atoms with E-state index >= 15 is 0 Å². The molecular formula is C11H10N4O4S. The number of H-pyrrole nitrogens is 1. The van der Waals surface area contributed by atoms with E-state index in [4.69, 9.17) is 4.74 Å². The maximum atomic E-state index is 12.0. The number of benzene rings is 1. The number of carbonyl (C=O) groups excluding carboxylic acids is 1. The number of hydrogen-bond acceptors (Lipinski definition) is 5. The third-order valence-electron chi connectivity index (χ3n) is 2.63. The smallest absolute Gasteiger partial charge is 0.278 e. The Labute approximate surface area is 114 Å². The number of hydrogen-bond donors (Lipinski definition) is 3. The van der Waals surface area contributed by atoms with E-state index in [9.17, 15) is 13.2 Å². The molecule has 0 saturated carbocycles. The predicted octanol–water partition coefficient (Wildman–Crippen LogP) is 0.541. The molecule has 8 nitrogen and oxygen atoms in total. The fourth-order valence-electron chi connectivity index (χ4n) is 1.75. The monoisotopic (exact) mass is 294 g/mol. The Morgan fingerprint density at radius 1 is 1.35 bits per heavy atom. The number of aromatic nitrogens is 2. The second kappa shape index (κ2) is 4.53. The van der Waals surface area contributed by atoms with Gasteiger partial charge in [-0.2, -0.15) is 8.42 Å². The molecule has 1 aromatic heterocycles. The van der Waals surface area contributed by atoms with Gasteiger partial charge >= 0.3 is 0 Å². The van der Waals surface area contributed by atoms with Crippen molar-refractivity contribution in [1.29, 1.82) is 0 Å². The van der Waals surface area contributed by atoms with Gasteiger partial charge < -0.3 is 15.0 Å². The molecule has 2 heterocycles. The van der Waals surface area contributed by atoms with E-state index in [0.29, 0.717) is 17.1 Å². The Kier molecular flexibility index (Phi) is 2.83. The van der Waals surface area contributed by atoms with Crippen LogP contribution in [0.2, 0.25) is 0 Å². The zero-order valence-corrected chi connectivity index (χ0v) is 10.9. The summed E-state index contributed by atoms with van der Waals surface area (Å²) in [5.41, 5.74) is 0.732. The van der Waals surface area contributed by atoms with Gasteiger partial charge in [-0.1, -0.05) is 0 Å². The van der Waals surface area contributed by atoms with E-state index < -0.39 is 10.0 Å². The number of carbonyl (C=O) groups is 1. The van der Waals surface area contributed by atoms with E-state index in [1.165, 1.54) is 18.6 Å². The van der Waals surface area contributed by atoms with Crippen molar-refractivity contribution < 1.29 is 17.9 Å². The molecule has 0 spiro atoms. The summed E-state index contributed by atoms with van der Waals surface area (Å²) in [5.74, 6) is 0.208. The van der Waals surface area contributed by atoms with Gasteiger partial charge in [-0.05, 0) is 18.2 Å². The lowest BCUT2D eigenvalue weighted by Crippen LogP contribution is -2.25. The number of imidazole rings is 1. The van der Waals surface area contributed by atoms with Crippen molar-refractivity contribution in [3.8, 4) is 5.75 Å². The summed E-state index contributed by atoms with van der Waals surface area (Å²) in [6.07, 6.45) is 2.47. The maximum absolute atomic E-state index is 12.0. The molecule has 0 atom stereocenters. The zero-order valence-electron chi connectivity index (χ0n) is 10.1. The predicted molar refractivity (Wildman–Crippen MR) is 70.0 cm³/mol. The van der Waals surface area contributed by atoms with Crippen molar-refractivity contribution in [2.24, 2.45) is 0 Å². The SMILES string of the molecule is O=C1COc2ccc(NS(=O)(=O)c3cnc[nH]3)cc2N1. The van der Waals surface area contributed by atoms with Crippen molar-refractivity contribution in [3.05, 3.63) is 30.7 Å². The molecule has 0 fully saturated rings. The van der Waals surface area contributed by atoms with Crippen molar-refractivity contribution in [3.63, 3.8) is 0 Å². The first-order valence-electron chi connectivity index (χ1n) is 5.62. The van der Waals surface area contributed by atoms with E-state index in [2.05, 4.69) is 20.0 Å². The number of fused-ring (bicyclic) bond motifs is 1. The van der Waals surface area contributed by atoms with E-state index in [1.807, 2.05) is 0 Å². The molecule has 9 heteroatoms. The van der Waals surface area contributed by atoms with E-state index in [0.717, 1.165) is 0 Å². The van der Waals surface area contributed by atoms with Gasteiger partial charge in [-0.25, -0.2) is 4.98 Å². The summed E-state index contributed by atoms with van der Waals surface area (Å²) in [5, 5.41) is 2.56. The molecule has 1 aliphatic heterocycles. The fraction of sp³-hybridized carbons (Fsp3) is 0.0909. The number of sulfonamides is 1. The van der Waals surface area contributed by atoms with Crippen LogP contribution < -0.4 is 14.8 Å². The highest BCUT2D eigenvalue weighted by molar-refractivity contribution is 7.92. The summed E-state index contributed by atoms with van der Waals surface area (Å²) < 4.78 is 31.6. The van der Waals surface area contributed by atoms with Gasteiger partial charge in [-0.3, -0.25) is 9.52 Å². The third kappa shape index (κ3) is 2.30. The Morgan fingerprint density at radius 2 is 2.20 bits per heavy atom. The third-order valence-corrected chi connectivity index (χ3v) is 3.93. The first-order chi connectivity index (χ1) is 9.54. The van der Waals surface area contributed by atoms with E-state index in [1.54, 1.807) is 12.1 Å². The average Bonchev–Trinajstić information content (AvgIpc) is 2.92. The van der Waals surface area contributed by atoms with Crippen molar-refractivity contribution in [2.75, 3.05) is 16.6 Å². The lowest BCUT2D eigenvalue weighted by Gasteiger charge is -2.18. The number of ether oxygens (including phenoxy) is 1. The molecule has 1 aromatic carbocycles. The largest absolute Gasteiger partial charge is 0.482 e. The molecule has 0 saturated heterocycles. The molecule has 3 rings (SSSR count). The molecule has 20 heavy (non-hydrogen) atoms. The van der Waals surface area contributed by atoms with Crippen molar-refractivity contribution >= 4 is 27.3 Å². The molecular weight excluding hydrogens is 284 g/mol. The minimum Gasteiger partial charge on any atom is -0.482 e. The number of anilines is 2. The number of nitrogens with zero attached hydrogens (tertiary/aromatic N) is 1. The van der Waals surface area contributed by atoms with Gasteiger partial charge in [0.05, 0.1) is 23.9 Å². The Morgan fingerprint density at radius 3 is 2.95 bits per heavy atom. The maximum Gasteiger partial charge on any atom is 0.278 e. The van der Waals surface area contributed by atoms with Crippen molar-refractivity contribution in [1.82, 2.24) is 9.97 Å². The summed E-state index contributed by atoms with van der Waals surface area (Å²) in [6, 6.07) is 4.62. The summed E-state index contributed by atoms with van der Waals surface area (Å²) in [4.78, 5) is 17.4. The Bertz CT molecular complexity index is 755. The van der Waals surface area contributed by atoms with Crippen LogP contribution in [0.3, 0.4) is 0 Å². The minimum atomic E-state index is -3.73. The standard InChI is InChI=1S/C11H10N4O4S/c16-10-5-19-9-2-1-7(3-8(9)14-10)15-20(17,18)11-4-12-6-13-11/h1-4,6,15H,5H2,(H,12,13)(H,14,16). The molecule has 0 unspecified atom stereocenters. The van der Waals surface area contributed by atoms with Gasteiger partial charge in [0.15, 0.2) is 11.6 Å². The first kappa shape index (κ1) is 12.5. The van der Waals surface area contributed by atoms with Crippen LogP contribution in [-0.2, 0) is 14.8 Å². The van der Waals surface area contributed by atoms with Gasteiger partial charge in [0.2, 0.25) is 0 Å². The van der Waals surface area contributed by atoms with Crippen LogP contribution in [0.15, 0.2) is 35.7 Å². The molecule has 0 radical (unpaired) electrons. The molecule has 2 aromatic rings. The van der Waals surface area contributed by atoms with Crippen LogP contribution in [0, 0.1) is 0 Å². The second-order valence-corrected chi connectivity index (χ2v) is 5.72. The van der Waals surface area contributed by atoms with Gasteiger partial charge in [0.25, 0.3) is 15.9 Å². The van der Waals surface area contributed by atoms with Crippen LogP contribution in [0.25, 0.3) is 0 Å². The highest BCUT2D eigenvalue weighted by Crippen LogP contribution is 2.31. The summed E-state index contributed by atoms with van der Waals surface area (Å²) >= 11 is 0. The molecule has 1 aliphatic rings. The molecule has 0 aliphatic carbocycles. The van der Waals surface area contributed by atoms with Gasteiger partial charge in [0.1, 0.15) is 5.75 Å². The van der Waals surface area contributed by atoms with Gasteiger partial charge in [0, 0.05) is 0 Å². The van der Waals surface area contributed by atoms with Crippen molar-refractivity contribution in [2.45, 2.75) is 5.03 Å². The normalized spacial score (nSPS) is 14.1. The topological polar surface area (TPSA) is 113 Å². The zero-order chi connectivity index (χ0) is 14.2. The number of nitrogens with one attached hydrogen (secondary N) is 3. The summed E-state index contributed by atoms with van der Waals surface area (Å²) in [6.45, 7) is -0.0494.